The summed E-state index contributed by atoms with van der Waals surface area (Å²) in [6.07, 6.45) is 2.99. The van der Waals surface area contributed by atoms with Crippen LogP contribution in [0.25, 0.3) is 0 Å². The van der Waals surface area contributed by atoms with Crippen LogP contribution in [0.5, 0.6) is 0 Å². The standard InChI is InChI=1S/C8H14ClNO2S/c1-7(13(9,11)12)8-5-3-4-6-10(8)2/h8H,1,3-6H2,2H3. The van der Waals surface area contributed by atoms with Crippen molar-refractivity contribution in [3.8, 4) is 0 Å². The van der Waals surface area contributed by atoms with E-state index in [4.69, 9.17) is 10.7 Å². The molecule has 0 saturated carbocycles. The Hall–Kier alpha value is -0.0600. The third-order valence-corrected chi connectivity index (χ3v) is 3.95. The van der Waals surface area contributed by atoms with E-state index in [-0.39, 0.29) is 10.9 Å². The summed E-state index contributed by atoms with van der Waals surface area (Å²) in [6.45, 7) is 4.45. The van der Waals surface area contributed by atoms with E-state index in [9.17, 15) is 8.42 Å². The van der Waals surface area contributed by atoms with Gasteiger partial charge in [-0.25, -0.2) is 8.42 Å². The van der Waals surface area contributed by atoms with Crippen molar-refractivity contribution in [1.29, 1.82) is 0 Å². The summed E-state index contributed by atoms with van der Waals surface area (Å²) in [7, 11) is 3.53. The van der Waals surface area contributed by atoms with Gasteiger partial charge in [0.2, 0.25) is 0 Å². The minimum atomic E-state index is -3.60. The number of hydrogen-bond donors (Lipinski definition) is 0. The smallest absolute Gasteiger partial charge is 0.258 e. The van der Waals surface area contributed by atoms with Gasteiger partial charge < -0.3 is 0 Å². The molecule has 1 heterocycles. The molecule has 13 heavy (non-hydrogen) atoms. The summed E-state index contributed by atoms with van der Waals surface area (Å²) >= 11 is 0. The molecule has 3 nitrogen and oxygen atoms in total. The Morgan fingerprint density at radius 1 is 1.54 bits per heavy atom. The van der Waals surface area contributed by atoms with Gasteiger partial charge in [0.25, 0.3) is 9.05 Å². The van der Waals surface area contributed by atoms with Crippen molar-refractivity contribution in [2.75, 3.05) is 13.6 Å². The molecular formula is C8H14ClNO2S. The largest absolute Gasteiger partial charge is 0.299 e. The van der Waals surface area contributed by atoms with Gasteiger partial charge in [0.15, 0.2) is 0 Å². The zero-order chi connectivity index (χ0) is 10.1. The van der Waals surface area contributed by atoms with E-state index in [0.717, 1.165) is 25.8 Å². The minimum absolute atomic E-state index is 0.101. The summed E-state index contributed by atoms with van der Waals surface area (Å²) in [5.41, 5.74) is 0. The summed E-state index contributed by atoms with van der Waals surface area (Å²) in [5, 5.41) is 0. The summed E-state index contributed by atoms with van der Waals surface area (Å²) < 4.78 is 22.0. The predicted octanol–water partition coefficient (Wildman–Crippen LogP) is 1.55. The van der Waals surface area contributed by atoms with Crippen molar-refractivity contribution in [2.45, 2.75) is 25.3 Å². The SMILES string of the molecule is C=C(C1CCCCN1C)S(=O)(=O)Cl. The van der Waals surface area contributed by atoms with Gasteiger partial charge in [0, 0.05) is 16.7 Å². The number of halogens is 1. The fraction of sp³-hybridized carbons (Fsp3) is 0.750. The van der Waals surface area contributed by atoms with Crippen LogP contribution in [-0.2, 0) is 9.05 Å². The second-order valence-electron chi connectivity index (χ2n) is 3.40. The first kappa shape index (κ1) is 11.0. The molecule has 1 rings (SSSR count). The minimum Gasteiger partial charge on any atom is -0.299 e. The highest BCUT2D eigenvalue weighted by Crippen LogP contribution is 2.25. The predicted molar refractivity (Wildman–Crippen MR) is 54.2 cm³/mol. The number of rotatable bonds is 2. The van der Waals surface area contributed by atoms with Crippen LogP contribution in [0.15, 0.2) is 11.5 Å². The molecule has 1 unspecified atom stereocenters. The Kier molecular flexibility index (Phi) is 3.38. The monoisotopic (exact) mass is 223 g/mol. The van der Waals surface area contributed by atoms with Crippen molar-refractivity contribution in [1.82, 2.24) is 4.90 Å². The Morgan fingerprint density at radius 2 is 2.15 bits per heavy atom. The van der Waals surface area contributed by atoms with Gasteiger partial charge in [-0.15, -0.1) is 0 Å². The molecule has 76 valence electrons. The van der Waals surface area contributed by atoms with Gasteiger partial charge in [-0.05, 0) is 26.4 Å². The van der Waals surface area contributed by atoms with Crippen molar-refractivity contribution < 1.29 is 8.42 Å². The third-order valence-electron chi connectivity index (χ3n) is 2.46. The van der Waals surface area contributed by atoms with Gasteiger partial charge in [0.1, 0.15) is 0 Å². The summed E-state index contributed by atoms with van der Waals surface area (Å²) in [5.74, 6) is 0. The van der Waals surface area contributed by atoms with Crippen LogP contribution in [0.3, 0.4) is 0 Å². The molecule has 1 fully saturated rings. The van der Waals surface area contributed by atoms with Crippen LogP contribution in [0, 0.1) is 0 Å². The zero-order valence-electron chi connectivity index (χ0n) is 7.66. The molecular weight excluding hydrogens is 210 g/mol. The normalized spacial score (nSPS) is 25.8. The van der Waals surface area contributed by atoms with Crippen molar-refractivity contribution >= 4 is 19.7 Å². The molecule has 1 saturated heterocycles. The molecule has 0 aromatic rings. The second-order valence-corrected chi connectivity index (χ2v) is 6.02. The Morgan fingerprint density at radius 3 is 2.62 bits per heavy atom. The number of nitrogens with zero attached hydrogens (tertiary/aromatic N) is 1. The van der Waals surface area contributed by atoms with Crippen molar-refractivity contribution in [2.24, 2.45) is 0 Å². The highest BCUT2D eigenvalue weighted by atomic mass is 35.7. The quantitative estimate of drug-likeness (QED) is 0.667. The molecule has 0 aliphatic carbocycles. The lowest BCUT2D eigenvalue weighted by Gasteiger charge is -2.32. The Bertz CT molecular complexity index is 299. The van der Waals surface area contributed by atoms with E-state index in [1.807, 2.05) is 11.9 Å². The van der Waals surface area contributed by atoms with Crippen LogP contribution < -0.4 is 0 Å². The lowest BCUT2D eigenvalue weighted by atomic mass is 10.0. The maximum atomic E-state index is 11.0. The second kappa shape index (κ2) is 3.98. The first-order valence-electron chi connectivity index (χ1n) is 4.26. The van der Waals surface area contributed by atoms with Crippen molar-refractivity contribution in [3.05, 3.63) is 11.5 Å². The van der Waals surface area contributed by atoms with Gasteiger partial charge in [-0.3, -0.25) is 4.90 Å². The lowest BCUT2D eigenvalue weighted by molar-refractivity contribution is 0.218. The topological polar surface area (TPSA) is 37.4 Å². The van der Waals surface area contributed by atoms with Crippen LogP contribution in [-0.4, -0.2) is 33.0 Å². The molecule has 0 aromatic heterocycles. The first-order chi connectivity index (χ1) is 5.93. The molecule has 5 heteroatoms. The Labute approximate surface area is 83.8 Å². The molecule has 1 aliphatic rings. The number of hydrogen-bond acceptors (Lipinski definition) is 3. The van der Waals surface area contributed by atoms with E-state index in [1.165, 1.54) is 0 Å². The number of likely N-dealkylation sites (tertiary alicyclic amines) is 1. The molecule has 1 atom stereocenters. The zero-order valence-corrected chi connectivity index (χ0v) is 9.24. The molecule has 0 aromatic carbocycles. The van der Waals surface area contributed by atoms with Crippen LogP contribution in [0.2, 0.25) is 0 Å². The first-order valence-corrected chi connectivity index (χ1v) is 6.57. The molecule has 0 spiro atoms. The number of likely N-dealkylation sites (N-methyl/N-ethyl adjacent to an activating group) is 1. The lowest BCUT2D eigenvalue weighted by Crippen LogP contribution is -2.38. The van der Waals surface area contributed by atoms with E-state index < -0.39 is 9.05 Å². The van der Waals surface area contributed by atoms with E-state index in [0.29, 0.717) is 0 Å². The van der Waals surface area contributed by atoms with Crippen LogP contribution >= 0.6 is 10.7 Å². The highest BCUT2D eigenvalue weighted by molar-refractivity contribution is 8.16. The van der Waals surface area contributed by atoms with Gasteiger partial charge in [0.05, 0.1) is 4.91 Å². The third kappa shape index (κ3) is 2.69. The van der Waals surface area contributed by atoms with Crippen LogP contribution in [0.1, 0.15) is 19.3 Å². The molecule has 0 bridgehead atoms. The summed E-state index contributed by atoms with van der Waals surface area (Å²) in [6, 6.07) is -0.101. The molecule has 0 N–H and O–H groups in total. The highest BCUT2D eigenvalue weighted by Gasteiger charge is 2.27. The maximum absolute atomic E-state index is 11.0. The molecule has 0 amide bonds. The van der Waals surface area contributed by atoms with E-state index in [1.54, 1.807) is 0 Å². The Balaban J connectivity index is 2.76. The van der Waals surface area contributed by atoms with Crippen molar-refractivity contribution in [3.63, 3.8) is 0 Å². The van der Waals surface area contributed by atoms with E-state index in [2.05, 4.69) is 6.58 Å². The van der Waals surface area contributed by atoms with Gasteiger partial charge >= 0.3 is 0 Å². The fourth-order valence-corrected chi connectivity index (χ4v) is 2.58. The average molecular weight is 224 g/mol. The van der Waals surface area contributed by atoms with Gasteiger partial charge in [-0.2, -0.15) is 0 Å². The molecule has 1 aliphatic heterocycles. The van der Waals surface area contributed by atoms with E-state index >= 15 is 0 Å². The summed E-state index contributed by atoms with van der Waals surface area (Å²) in [4.78, 5) is 2.13. The fourth-order valence-electron chi connectivity index (χ4n) is 1.64. The maximum Gasteiger partial charge on any atom is 0.258 e. The molecule has 0 radical (unpaired) electrons. The number of piperidine rings is 1. The van der Waals surface area contributed by atoms with Crippen LogP contribution in [0.4, 0.5) is 0 Å². The van der Waals surface area contributed by atoms with Gasteiger partial charge in [-0.1, -0.05) is 13.0 Å². The average Bonchev–Trinajstić information content (AvgIpc) is 2.02.